The zero-order valence-electron chi connectivity index (χ0n) is 18.6. The summed E-state index contributed by atoms with van der Waals surface area (Å²) in [6, 6.07) is 6.31. The summed E-state index contributed by atoms with van der Waals surface area (Å²) in [6.07, 6.45) is -0.223. The summed E-state index contributed by atoms with van der Waals surface area (Å²) in [5.41, 5.74) is -0.389. The molecule has 4 rings (SSSR count). The van der Waals surface area contributed by atoms with Crippen molar-refractivity contribution in [3.05, 3.63) is 59.3 Å². The Hall–Kier alpha value is -4.15. The standard InChI is InChI=1S/C22H18ClF3N8O2/c1-12(35)9-30-21(36)14-3-2-13(8-16(14)23)31-19-20-29-10-17(34(20)7-5-28-19)15-11-33(6-4-27)32-18(15)22(24,25)26/h2-3,5,7-8,10-12,35H,6,9H2,1H3,(H,28,31)(H,30,36)/t12-/m0/s1. The number of halogens is 4. The second-order valence-electron chi connectivity index (χ2n) is 7.74. The molecule has 4 aromatic rings. The highest BCUT2D eigenvalue weighted by molar-refractivity contribution is 6.34. The third kappa shape index (κ3) is 5.09. The van der Waals surface area contributed by atoms with Crippen LogP contribution in [-0.2, 0) is 12.7 Å². The predicted molar refractivity (Wildman–Crippen MR) is 124 cm³/mol. The number of amides is 1. The van der Waals surface area contributed by atoms with Gasteiger partial charge in [0, 0.05) is 30.8 Å². The summed E-state index contributed by atoms with van der Waals surface area (Å²) in [7, 11) is 0. The van der Waals surface area contributed by atoms with E-state index in [0.717, 1.165) is 10.9 Å². The number of rotatable bonds is 7. The molecular formula is C22H18ClF3N8O2. The lowest BCUT2D eigenvalue weighted by Crippen LogP contribution is -2.30. The molecule has 0 fully saturated rings. The van der Waals surface area contributed by atoms with E-state index >= 15 is 0 Å². The van der Waals surface area contributed by atoms with Crippen LogP contribution in [0.25, 0.3) is 16.9 Å². The van der Waals surface area contributed by atoms with E-state index in [9.17, 15) is 23.1 Å². The normalized spacial score (nSPS) is 12.4. The smallest absolute Gasteiger partial charge is 0.392 e. The van der Waals surface area contributed by atoms with E-state index in [4.69, 9.17) is 16.9 Å². The average Bonchev–Trinajstić information content (AvgIpc) is 3.42. The van der Waals surface area contributed by atoms with Crippen LogP contribution in [0.3, 0.4) is 0 Å². The first-order valence-corrected chi connectivity index (χ1v) is 10.8. The molecule has 14 heteroatoms. The van der Waals surface area contributed by atoms with Crippen LogP contribution in [0.4, 0.5) is 24.7 Å². The number of nitrogens with one attached hydrogen (secondary N) is 2. The van der Waals surface area contributed by atoms with Crippen LogP contribution in [0.15, 0.2) is 43.0 Å². The van der Waals surface area contributed by atoms with Crippen molar-refractivity contribution in [3.63, 3.8) is 0 Å². The Balaban J connectivity index is 1.66. The number of anilines is 2. The quantitative estimate of drug-likeness (QED) is 0.340. The van der Waals surface area contributed by atoms with Gasteiger partial charge in [0.2, 0.25) is 0 Å². The molecule has 0 unspecified atom stereocenters. The number of imidazole rings is 1. The SMILES string of the molecule is C[C@H](O)CNC(=O)c1ccc(Nc2nccn3c(-c4cn(CC#N)nc4C(F)(F)F)cnc23)cc1Cl. The number of aliphatic hydroxyl groups excluding tert-OH is 1. The van der Waals surface area contributed by atoms with Gasteiger partial charge in [0.25, 0.3) is 5.91 Å². The number of alkyl halides is 3. The number of aliphatic hydroxyl groups is 1. The minimum Gasteiger partial charge on any atom is -0.392 e. The van der Waals surface area contributed by atoms with Gasteiger partial charge in [0.05, 0.1) is 40.2 Å². The maximum absolute atomic E-state index is 13.6. The highest BCUT2D eigenvalue weighted by Gasteiger charge is 2.38. The van der Waals surface area contributed by atoms with Gasteiger partial charge in [-0.1, -0.05) is 11.6 Å². The van der Waals surface area contributed by atoms with Gasteiger partial charge in [-0.3, -0.25) is 13.9 Å². The Bertz CT molecular complexity index is 1470. The number of carbonyl (C=O) groups excluding carboxylic acids is 1. The molecule has 3 heterocycles. The number of aromatic nitrogens is 5. The van der Waals surface area contributed by atoms with Crippen LogP contribution in [-0.4, -0.2) is 47.8 Å². The van der Waals surface area contributed by atoms with Crippen LogP contribution in [0, 0.1) is 11.3 Å². The van der Waals surface area contributed by atoms with E-state index in [0.29, 0.717) is 5.69 Å². The molecule has 0 saturated carbocycles. The molecule has 0 aliphatic carbocycles. The highest BCUT2D eigenvalue weighted by atomic mass is 35.5. The van der Waals surface area contributed by atoms with Gasteiger partial charge in [-0.15, -0.1) is 0 Å². The Morgan fingerprint density at radius 1 is 1.33 bits per heavy atom. The summed E-state index contributed by atoms with van der Waals surface area (Å²) in [5, 5.41) is 27.4. The molecule has 3 aromatic heterocycles. The molecule has 0 spiro atoms. The predicted octanol–water partition coefficient (Wildman–Crippen LogP) is 3.64. The molecule has 0 aliphatic heterocycles. The molecule has 0 radical (unpaired) electrons. The van der Waals surface area contributed by atoms with Crippen molar-refractivity contribution in [2.24, 2.45) is 0 Å². The zero-order chi connectivity index (χ0) is 26.0. The number of carbonyl (C=O) groups is 1. The van der Waals surface area contributed by atoms with E-state index in [1.165, 1.54) is 42.0 Å². The number of fused-ring (bicyclic) bond motifs is 1. The lowest BCUT2D eigenvalue weighted by molar-refractivity contribution is -0.141. The fraction of sp³-hybridized carbons (Fsp3) is 0.227. The Labute approximate surface area is 207 Å². The molecule has 0 saturated heterocycles. The fourth-order valence-corrected chi connectivity index (χ4v) is 3.69. The number of hydrogen-bond acceptors (Lipinski definition) is 7. The van der Waals surface area contributed by atoms with Crippen molar-refractivity contribution < 1.29 is 23.1 Å². The van der Waals surface area contributed by atoms with Crippen LogP contribution in [0.2, 0.25) is 5.02 Å². The lowest BCUT2D eigenvalue weighted by Gasteiger charge is -2.11. The summed E-state index contributed by atoms with van der Waals surface area (Å²) in [6.45, 7) is 1.25. The second kappa shape index (κ2) is 9.84. The Morgan fingerprint density at radius 2 is 2.11 bits per heavy atom. The largest absolute Gasteiger partial charge is 0.435 e. The Kier molecular flexibility index (Phi) is 6.82. The van der Waals surface area contributed by atoms with E-state index in [-0.39, 0.29) is 46.4 Å². The minimum absolute atomic E-state index is 0.0643. The van der Waals surface area contributed by atoms with Gasteiger partial charge in [0.15, 0.2) is 17.2 Å². The van der Waals surface area contributed by atoms with E-state index in [1.807, 2.05) is 0 Å². The number of nitrogens with zero attached hydrogens (tertiary/aromatic N) is 6. The van der Waals surface area contributed by atoms with Gasteiger partial charge in [-0.2, -0.15) is 23.5 Å². The number of benzene rings is 1. The Morgan fingerprint density at radius 3 is 2.78 bits per heavy atom. The molecule has 1 aromatic carbocycles. The topological polar surface area (TPSA) is 133 Å². The van der Waals surface area contributed by atoms with Crippen LogP contribution in [0.5, 0.6) is 0 Å². The fourth-order valence-electron chi connectivity index (χ4n) is 3.43. The molecule has 3 N–H and O–H groups in total. The maximum atomic E-state index is 13.6. The van der Waals surface area contributed by atoms with Gasteiger partial charge in [0.1, 0.15) is 6.54 Å². The van der Waals surface area contributed by atoms with E-state index < -0.39 is 23.9 Å². The molecule has 36 heavy (non-hydrogen) atoms. The van der Waals surface area contributed by atoms with Crippen molar-refractivity contribution in [2.45, 2.75) is 25.7 Å². The second-order valence-corrected chi connectivity index (χ2v) is 8.14. The summed E-state index contributed by atoms with van der Waals surface area (Å²) < 4.78 is 43.2. The number of hydrogen-bond donors (Lipinski definition) is 3. The van der Waals surface area contributed by atoms with Gasteiger partial charge in [-0.25, -0.2) is 9.97 Å². The maximum Gasteiger partial charge on any atom is 0.435 e. The summed E-state index contributed by atoms with van der Waals surface area (Å²) >= 11 is 6.25. The monoisotopic (exact) mass is 518 g/mol. The third-order valence-corrected chi connectivity index (χ3v) is 5.31. The van der Waals surface area contributed by atoms with Crippen LogP contribution in [0.1, 0.15) is 23.0 Å². The van der Waals surface area contributed by atoms with Crippen molar-refractivity contribution in [1.82, 2.24) is 29.5 Å². The van der Waals surface area contributed by atoms with Gasteiger partial charge in [-0.05, 0) is 25.1 Å². The van der Waals surface area contributed by atoms with Crippen molar-refractivity contribution >= 4 is 34.7 Å². The van der Waals surface area contributed by atoms with Gasteiger partial charge < -0.3 is 15.7 Å². The summed E-state index contributed by atoms with van der Waals surface area (Å²) in [4.78, 5) is 20.7. The van der Waals surface area contributed by atoms with Crippen LogP contribution >= 0.6 is 11.6 Å². The van der Waals surface area contributed by atoms with Crippen molar-refractivity contribution in [3.8, 4) is 17.3 Å². The molecular weight excluding hydrogens is 501 g/mol. The molecule has 0 bridgehead atoms. The van der Waals surface area contributed by atoms with E-state index in [1.54, 1.807) is 12.1 Å². The molecule has 10 nitrogen and oxygen atoms in total. The minimum atomic E-state index is -4.74. The lowest BCUT2D eigenvalue weighted by atomic mass is 10.2. The molecule has 186 valence electrons. The van der Waals surface area contributed by atoms with Crippen molar-refractivity contribution in [1.29, 1.82) is 5.26 Å². The number of nitriles is 1. The molecule has 1 atom stereocenters. The third-order valence-electron chi connectivity index (χ3n) is 5.00. The first-order valence-electron chi connectivity index (χ1n) is 10.5. The van der Waals surface area contributed by atoms with Crippen LogP contribution < -0.4 is 10.6 Å². The molecule has 1 amide bonds. The first-order chi connectivity index (χ1) is 17.1. The molecule has 0 aliphatic rings. The zero-order valence-corrected chi connectivity index (χ0v) is 19.3. The van der Waals surface area contributed by atoms with Gasteiger partial charge >= 0.3 is 6.18 Å². The summed E-state index contributed by atoms with van der Waals surface area (Å²) in [5.74, 6) is -0.230. The average molecular weight is 519 g/mol. The van der Waals surface area contributed by atoms with Crippen molar-refractivity contribution in [2.75, 3.05) is 11.9 Å². The highest BCUT2D eigenvalue weighted by Crippen LogP contribution is 2.37. The van der Waals surface area contributed by atoms with E-state index in [2.05, 4.69) is 25.7 Å². The first kappa shape index (κ1) is 25.0.